The monoisotopic (exact) mass is 288 g/mol. The molecule has 0 saturated carbocycles. The van der Waals surface area contributed by atoms with Crippen molar-refractivity contribution in [1.82, 2.24) is 10.2 Å². The first kappa shape index (κ1) is 14.1. The van der Waals surface area contributed by atoms with Gasteiger partial charge < -0.3 is 15.3 Å². The van der Waals surface area contributed by atoms with E-state index in [1.165, 1.54) is 0 Å². The third-order valence-electron chi connectivity index (χ3n) is 4.47. The van der Waals surface area contributed by atoms with Gasteiger partial charge in [0.05, 0.1) is 5.92 Å². The van der Waals surface area contributed by atoms with Gasteiger partial charge in [-0.3, -0.25) is 9.59 Å². The summed E-state index contributed by atoms with van der Waals surface area (Å²) in [5.74, 6) is -1.02. The number of fused-ring (bicyclic) bond motifs is 1. The van der Waals surface area contributed by atoms with Crippen molar-refractivity contribution in [2.45, 2.75) is 38.9 Å². The quantitative estimate of drug-likeness (QED) is 0.889. The highest BCUT2D eigenvalue weighted by molar-refractivity contribution is 5.98. The van der Waals surface area contributed by atoms with E-state index in [9.17, 15) is 9.59 Å². The fraction of sp³-hybridized carbons (Fsp3) is 0.500. The highest BCUT2D eigenvalue weighted by atomic mass is 16.4. The summed E-state index contributed by atoms with van der Waals surface area (Å²) < 4.78 is 0. The zero-order chi connectivity index (χ0) is 15.1. The van der Waals surface area contributed by atoms with Crippen LogP contribution in [-0.4, -0.2) is 34.5 Å². The van der Waals surface area contributed by atoms with Crippen molar-refractivity contribution < 1.29 is 14.7 Å². The number of rotatable bonds is 3. The minimum Gasteiger partial charge on any atom is -0.481 e. The fourth-order valence-corrected chi connectivity index (χ4v) is 3.15. The molecule has 2 heterocycles. The molecular formula is C16H20N2O3. The molecule has 5 heteroatoms. The van der Waals surface area contributed by atoms with E-state index in [1.54, 1.807) is 0 Å². The Hall–Kier alpha value is -1.88. The van der Waals surface area contributed by atoms with E-state index in [4.69, 9.17) is 5.11 Å². The van der Waals surface area contributed by atoms with E-state index in [0.29, 0.717) is 19.5 Å². The average Bonchev–Trinajstić information content (AvgIpc) is 3.04. The Bertz CT molecular complexity index is 597. The van der Waals surface area contributed by atoms with Crippen LogP contribution in [0.25, 0.3) is 0 Å². The van der Waals surface area contributed by atoms with E-state index in [2.05, 4.69) is 5.32 Å². The van der Waals surface area contributed by atoms with Crippen LogP contribution in [0.15, 0.2) is 18.2 Å². The zero-order valence-corrected chi connectivity index (χ0v) is 12.3. The van der Waals surface area contributed by atoms with Gasteiger partial charge in [0.15, 0.2) is 0 Å². The van der Waals surface area contributed by atoms with Crippen molar-refractivity contribution >= 4 is 11.9 Å². The molecule has 1 saturated heterocycles. The standard InChI is InChI=1S/C16H20N2O3/c1-9(2)18-8-11-4-3-10(5-13(11)15(18)19)14-6-12(7-17-14)16(20)21/h3-5,9,12,14,17H,6-8H2,1-2H3,(H,20,21). The lowest BCUT2D eigenvalue weighted by Gasteiger charge is -2.19. The Kier molecular flexibility index (Phi) is 3.45. The van der Waals surface area contributed by atoms with E-state index in [-0.39, 0.29) is 23.9 Å². The molecule has 0 bridgehead atoms. The normalized spacial score (nSPS) is 24.7. The van der Waals surface area contributed by atoms with Gasteiger partial charge in [0, 0.05) is 30.7 Å². The Labute approximate surface area is 123 Å². The number of carbonyl (C=O) groups is 2. The number of benzene rings is 1. The number of carboxylic acid groups (broad SMARTS) is 1. The molecule has 2 aliphatic heterocycles. The van der Waals surface area contributed by atoms with Crippen molar-refractivity contribution in [3.63, 3.8) is 0 Å². The van der Waals surface area contributed by atoms with Crippen LogP contribution in [0.5, 0.6) is 0 Å². The van der Waals surface area contributed by atoms with Gasteiger partial charge in [-0.05, 0) is 37.5 Å². The number of carbonyl (C=O) groups excluding carboxylic acids is 1. The molecule has 1 aromatic rings. The molecule has 1 fully saturated rings. The molecule has 2 unspecified atom stereocenters. The third kappa shape index (κ3) is 2.42. The number of hydrogen-bond acceptors (Lipinski definition) is 3. The van der Waals surface area contributed by atoms with Gasteiger partial charge in [0.25, 0.3) is 5.91 Å². The molecule has 3 rings (SSSR count). The van der Waals surface area contributed by atoms with Crippen molar-refractivity contribution in [2.75, 3.05) is 6.54 Å². The van der Waals surface area contributed by atoms with Gasteiger partial charge in [0.1, 0.15) is 0 Å². The molecule has 0 aliphatic carbocycles. The molecule has 0 aromatic heterocycles. The van der Waals surface area contributed by atoms with Gasteiger partial charge in [-0.2, -0.15) is 0 Å². The lowest BCUT2D eigenvalue weighted by atomic mass is 9.97. The number of nitrogens with zero attached hydrogens (tertiary/aromatic N) is 1. The van der Waals surface area contributed by atoms with Crippen molar-refractivity contribution in [3.8, 4) is 0 Å². The van der Waals surface area contributed by atoms with Crippen LogP contribution in [0, 0.1) is 5.92 Å². The summed E-state index contributed by atoms with van der Waals surface area (Å²) in [4.78, 5) is 25.3. The molecular weight excluding hydrogens is 268 g/mol. The van der Waals surface area contributed by atoms with E-state index in [1.807, 2.05) is 36.9 Å². The number of carboxylic acids is 1. The fourth-order valence-electron chi connectivity index (χ4n) is 3.15. The van der Waals surface area contributed by atoms with Crippen LogP contribution >= 0.6 is 0 Å². The highest BCUT2D eigenvalue weighted by Crippen LogP contribution is 2.31. The predicted molar refractivity (Wildman–Crippen MR) is 77.9 cm³/mol. The largest absolute Gasteiger partial charge is 0.481 e. The number of amides is 1. The molecule has 112 valence electrons. The van der Waals surface area contributed by atoms with Gasteiger partial charge >= 0.3 is 5.97 Å². The summed E-state index contributed by atoms with van der Waals surface area (Å²) >= 11 is 0. The Morgan fingerprint density at radius 2 is 2.19 bits per heavy atom. The lowest BCUT2D eigenvalue weighted by molar-refractivity contribution is -0.141. The maximum absolute atomic E-state index is 12.4. The van der Waals surface area contributed by atoms with Crippen molar-refractivity contribution in [3.05, 3.63) is 34.9 Å². The SMILES string of the molecule is CC(C)N1Cc2ccc(C3CC(C(=O)O)CN3)cc2C1=O. The van der Waals surface area contributed by atoms with Crippen LogP contribution in [0.4, 0.5) is 0 Å². The second-order valence-electron chi connectivity index (χ2n) is 6.18. The molecule has 1 amide bonds. The lowest BCUT2D eigenvalue weighted by Crippen LogP contribution is -2.30. The van der Waals surface area contributed by atoms with Crippen LogP contribution in [-0.2, 0) is 11.3 Å². The maximum Gasteiger partial charge on any atom is 0.307 e. The van der Waals surface area contributed by atoms with Crippen molar-refractivity contribution in [2.24, 2.45) is 5.92 Å². The molecule has 2 aliphatic rings. The van der Waals surface area contributed by atoms with Gasteiger partial charge in [-0.1, -0.05) is 12.1 Å². The summed E-state index contributed by atoms with van der Waals surface area (Å²) in [6.45, 7) is 5.19. The maximum atomic E-state index is 12.4. The zero-order valence-electron chi connectivity index (χ0n) is 12.3. The van der Waals surface area contributed by atoms with E-state index >= 15 is 0 Å². The van der Waals surface area contributed by atoms with E-state index in [0.717, 1.165) is 16.7 Å². The van der Waals surface area contributed by atoms with Crippen molar-refractivity contribution in [1.29, 1.82) is 0 Å². The molecule has 1 aromatic carbocycles. The average molecular weight is 288 g/mol. The Morgan fingerprint density at radius 3 is 2.81 bits per heavy atom. The Balaban J connectivity index is 1.83. The second-order valence-corrected chi connectivity index (χ2v) is 6.18. The minimum absolute atomic E-state index is 0.0253. The number of aliphatic carboxylic acids is 1. The minimum atomic E-state index is -0.756. The third-order valence-corrected chi connectivity index (χ3v) is 4.47. The van der Waals surface area contributed by atoms with E-state index < -0.39 is 5.97 Å². The summed E-state index contributed by atoms with van der Waals surface area (Å²) in [7, 11) is 0. The first-order chi connectivity index (χ1) is 9.97. The molecule has 2 N–H and O–H groups in total. The summed E-state index contributed by atoms with van der Waals surface area (Å²) in [5, 5.41) is 12.3. The highest BCUT2D eigenvalue weighted by Gasteiger charge is 2.33. The molecule has 5 nitrogen and oxygen atoms in total. The van der Waals surface area contributed by atoms with Crippen LogP contribution < -0.4 is 5.32 Å². The molecule has 21 heavy (non-hydrogen) atoms. The number of hydrogen-bond donors (Lipinski definition) is 2. The first-order valence-corrected chi connectivity index (χ1v) is 7.37. The summed E-state index contributed by atoms with van der Waals surface area (Å²) in [5.41, 5.74) is 2.84. The predicted octanol–water partition coefficient (Wildman–Crippen LogP) is 1.79. The van der Waals surface area contributed by atoms with Crippen LogP contribution in [0.3, 0.4) is 0 Å². The molecule has 0 radical (unpaired) electrons. The topological polar surface area (TPSA) is 69.6 Å². The van der Waals surface area contributed by atoms with Gasteiger partial charge in [0.2, 0.25) is 0 Å². The summed E-state index contributed by atoms with van der Waals surface area (Å²) in [6.07, 6.45) is 0.580. The smallest absolute Gasteiger partial charge is 0.307 e. The van der Waals surface area contributed by atoms with Crippen LogP contribution in [0.1, 0.15) is 47.8 Å². The van der Waals surface area contributed by atoms with Gasteiger partial charge in [-0.15, -0.1) is 0 Å². The number of nitrogens with one attached hydrogen (secondary N) is 1. The van der Waals surface area contributed by atoms with Gasteiger partial charge in [-0.25, -0.2) is 0 Å². The molecule has 2 atom stereocenters. The molecule has 0 spiro atoms. The Morgan fingerprint density at radius 1 is 1.43 bits per heavy atom. The second kappa shape index (κ2) is 5.15. The first-order valence-electron chi connectivity index (χ1n) is 7.37. The summed E-state index contributed by atoms with van der Waals surface area (Å²) in [6, 6.07) is 6.16. The van der Waals surface area contributed by atoms with Crippen LogP contribution in [0.2, 0.25) is 0 Å².